The lowest BCUT2D eigenvalue weighted by molar-refractivity contribution is -0.144. The van der Waals surface area contributed by atoms with E-state index in [2.05, 4.69) is 9.72 Å². The molecule has 0 fully saturated rings. The second kappa shape index (κ2) is 7.32. The van der Waals surface area contributed by atoms with Crippen LogP contribution in [0.1, 0.15) is 39.8 Å². The summed E-state index contributed by atoms with van der Waals surface area (Å²) in [6.07, 6.45) is -3.06. The van der Waals surface area contributed by atoms with E-state index in [-0.39, 0.29) is 22.9 Å². The van der Waals surface area contributed by atoms with Crippen molar-refractivity contribution in [1.82, 2.24) is 4.98 Å². The second-order valence-corrected chi connectivity index (χ2v) is 5.01. The van der Waals surface area contributed by atoms with Gasteiger partial charge in [0.1, 0.15) is 16.0 Å². The highest BCUT2D eigenvalue weighted by molar-refractivity contribution is 7.13. The maximum atomic E-state index is 11.6. The fraction of sp³-hybridized carbons (Fsp3) is 0.583. The Balaban J connectivity index is 2.84. The number of aryl methyl sites for hydroxylation is 1. The third-order valence-electron chi connectivity index (χ3n) is 2.49. The zero-order chi connectivity index (χ0) is 15.3. The van der Waals surface area contributed by atoms with Crippen LogP contribution in [0.3, 0.4) is 0 Å². The van der Waals surface area contributed by atoms with Gasteiger partial charge in [-0.2, -0.15) is 0 Å². The van der Waals surface area contributed by atoms with Crippen molar-refractivity contribution in [3.05, 3.63) is 15.6 Å². The van der Waals surface area contributed by atoms with E-state index >= 15 is 0 Å². The normalized spacial score (nSPS) is 13.7. The Kier molecular flexibility index (Phi) is 6.05. The summed E-state index contributed by atoms with van der Waals surface area (Å²) in [6.45, 7) is 3.52. The molecule has 1 aromatic rings. The number of ether oxygens (including phenoxy) is 2. The molecule has 1 heterocycles. The Morgan fingerprint density at radius 3 is 2.60 bits per heavy atom. The first-order valence-electron chi connectivity index (χ1n) is 5.98. The Labute approximate surface area is 120 Å². The number of thiazole rings is 1. The molecule has 0 aliphatic heterocycles. The minimum Gasteiger partial charge on any atom is -0.469 e. The van der Waals surface area contributed by atoms with Gasteiger partial charge in [-0.1, -0.05) is 0 Å². The summed E-state index contributed by atoms with van der Waals surface area (Å²) in [4.78, 5) is 27.0. The molecule has 0 spiro atoms. The molecule has 2 atom stereocenters. The zero-order valence-corrected chi connectivity index (χ0v) is 12.3. The highest BCUT2D eigenvalue weighted by Gasteiger charge is 2.27. The van der Waals surface area contributed by atoms with E-state index < -0.39 is 24.1 Å². The smallest absolute Gasteiger partial charge is 0.350 e. The largest absolute Gasteiger partial charge is 0.469 e. The van der Waals surface area contributed by atoms with Gasteiger partial charge < -0.3 is 19.7 Å². The number of aliphatic hydroxyl groups is 2. The first kappa shape index (κ1) is 16.5. The lowest BCUT2D eigenvalue weighted by Gasteiger charge is -2.14. The summed E-state index contributed by atoms with van der Waals surface area (Å²) in [7, 11) is 1.19. The molecular formula is C12H17NO6S. The van der Waals surface area contributed by atoms with E-state index in [4.69, 9.17) is 4.74 Å². The maximum Gasteiger partial charge on any atom is 0.350 e. The molecule has 0 radical (unpaired) electrons. The Morgan fingerprint density at radius 1 is 1.40 bits per heavy atom. The van der Waals surface area contributed by atoms with Gasteiger partial charge in [0.25, 0.3) is 0 Å². The first-order chi connectivity index (χ1) is 9.40. The van der Waals surface area contributed by atoms with Gasteiger partial charge in [-0.05, 0) is 13.8 Å². The van der Waals surface area contributed by atoms with Gasteiger partial charge in [-0.3, -0.25) is 4.79 Å². The number of carbonyl (C=O) groups excluding carboxylic acids is 2. The predicted octanol–water partition coefficient (Wildman–Crippen LogP) is 0.586. The number of nitrogens with zero attached hydrogens (tertiary/aromatic N) is 1. The summed E-state index contributed by atoms with van der Waals surface area (Å²) in [5, 5.41) is 19.8. The molecule has 0 saturated heterocycles. The fourth-order valence-electron chi connectivity index (χ4n) is 1.46. The topological polar surface area (TPSA) is 106 Å². The highest BCUT2D eigenvalue weighted by atomic mass is 32.1. The minimum atomic E-state index is -1.36. The molecule has 1 rings (SSSR count). The van der Waals surface area contributed by atoms with Crippen LogP contribution in [0.25, 0.3) is 0 Å². The second-order valence-electron chi connectivity index (χ2n) is 3.98. The van der Waals surface area contributed by atoms with Crippen molar-refractivity contribution in [2.45, 2.75) is 32.5 Å². The van der Waals surface area contributed by atoms with E-state index in [0.717, 1.165) is 11.3 Å². The average Bonchev–Trinajstić information content (AvgIpc) is 2.80. The summed E-state index contributed by atoms with van der Waals surface area (Å²) in [5.41, 5.74) is 0.410. The van der Waals surface area contributed by atoms with Crippen molar-refractivity contribution in [2.75, 3.05) is 13.7 Å². The van der Waals surface area contributed by atoms with Crippen LogP contribution in [-0.4, -0.2) is 47.0 Å². The Hall–Kier alpha value is -1.51. The molecule has 2 unspecified atom stereocenters. The van der Waals surface area contributed by atoms with Gasteiger partial charge in [0.05, 0.1) is 31.9 Å². The molecule has 2 N–H and O–H groups in total. The molecule has 0 bridgehead atoms. The molecule has 112 valence electrons. The van der Waals surface area contributed by atoms with Crippen LogP contribution in [0.2, 0.25) is 0 Å². The molecular weight excluding hydrogens is 286 g/mol. The number of hydrogen-bond donors (Lipinski definition) is 2. The van der Waals surface area contributed by atoms with Crippen LogP contribution >= 0.6 is 11.3 Å². The number of methoxy groups -OCH3 is 1. The third-order valence-corrected chi connectivity index (χ3v) is 3.70. The number of aromatic nitrogens is 1. The van der Waals surface area contributed by atoms with Crippen LogP contribution in [0, 0.1) is 6.92 Å². The molecule has 0 aliphatic carbocycles. The molecule has 0 aromatic carbocycles. The monoisotopic (exact) mass is 303 g/mol. The van der Waals surface area contributed by atoms with E-state index in [0.29, 0.717) is 5.69 Å². The van der Waals surface area contributed by atoms with Crippen LogP contribution in [0.15, 0.2) is 0 Å². The van der Waals surface area contributed by atoms with Gasteiger partial charge in [0, 0.05) is 0 Å². The summed E-state index contributed by atoms with van der Waals surface area (Å²) >= 11 is 0.931. The molecule has 20 heavy (non-hydrogen) atoms. The minimum absolute atomic E-state index is 0.155. The van der Waals surface area contributed by atoms with E-state index in [1.807, 2.05) is 0 Å². The van der Waals surface area contributed by atoms with Crippen LogP contribution in [-0.2, 0) is 14.3 Å². The summed E-state index contributed by atoms with van der Waals surface area (Å²) in [5.74, 6) is -1.17. The van der Waals surface area contributed by atoms with Crippen molar-refractivity contribution in [3.63, 3.8) is 0 Å². The van der Waals surface area contributed by atoms with E-state index in [9.17, 15) is 19.8 Å². The zero-order valence-electron chi connectivity index (χ0n) is 11.5. The number of carbonyl (C=O) groups is 2. The molecule has 0 aliphatic rings. The molecule has 0 amide bonds. The first-order valence-corrected chi connectivity index (χ1v) is 6.79. The highest BCUT2D eigenvalue weighted by Crippen LogP contribution is 2.27. The van der Waals surface area contributed by atoms with Gasteiger partial charge in [0.2, 0.25) is 0 Å². The molecule has 0 saturated carbocycles. The lowest BCUT2D eigenvalue weighted by Crippen LogP contribution is -2.22. The predicted molar refractivity (Wildman–Crippen MR) is 70.4 cm³/mol. The van der Waals surface area contributed by atoms with Crippen molar-refractivity contribution in [2.24, 2.45) is 0 Å². The van der Waals surface area contributed by atoms with Crippen LogP contribution in [0.5, 0.6) is 0 Å². The molecule has 8 heteroatoms. The average molecular weight is 303 g/mol. The molecule has 7 nitrogen and oxygen atoms in total. The van der Waals surface area contributed by atoms with Gasteiger partial charge >= 0.3 is 11.9 Å². The van der Waals surface area contributed by atoms with Gasteiger partial charge in [0.15, 0.2) is 0 Å². The Bertz CT molecular complexity index is 486. The van der Waals surface area contributed by atoms with Crippen molar-refractivity contribution >= 4 is 23.3 Å². The van der Waals surface area contributed by atoms with Crippen LogP contribution < -0.4 is 0 Å². The molecule has 1 aromatic heterocycles. The number of aliphatic hydroxyl groups excluding tert-OH is 2. The van der Waals surface area contributed by atoms with Crippen molar-refractivity contribution in [3.8, 4) is 0 Å². The fourth-order valence-corrected chi connectivity index (χ4v) is 2.47. The standard InChI is InChI=1S/C12H17NO6S/c1-4-19-12(17)10-6(2)13-11(20-10)9(16)7(14)5-8(15)18-3/h7,9,14,16H,4-5H2,1-3H3. The third kappa shape index (κ3) is 3.99. The maximum absolute atomic E-state index is 11.6. The van der Waals surface area contributed by atoms with E-state index in [1.165, 1.54) is 7.11 Å². The number of hydrogen-bond acceptors (Lipinski definition) is 8. The Morgan fingerprint density at radius 2 is 2.05 bits per heavy atom. The van der Waals surface area contributed by atoms with Crippen LogP contribution in [0.4, 0.5) is 0 Å². The lowest BCUT2D eigenvalue weighted by atomic mass is 10.1. The number of esters is 2. The van der Waals surface area contributed by atoms with E-state index in [1.54, 1.807) is 13.8 Å². The van der Waals surface area contributed by atoms with Gasteiger partial charge in [-0.15, -0.1) is 11.3 Å². The summed E-state index contributed by atoms with van der Waals surface area (Å²) in [6, 6.07) is 0. The SMILES string of the molecule is CCOC(=O)c1sc(C(O)C(O)CC(=O)OC)nc1C. The van der Waals surface area contributed by atoms with Crippen molar-refractivity contribution < 1.29 is 29.3 Å². The quantitative estimate of drug-likeness (QED) is 0.741. The number of rotatable bonds is 6. The van der Waals surface area contributed by atoms with Gasteiger partial charge in [-0.25, -0.2) is 9.78 Å². The summed E-state index contributed by atoms with van der Waals surface area (Å²) < 4.78 is 9.26. The van der Waals surface area contributed by atoms with Crippen molar-refractivity contribution in [1.29, 1.82) is 0 Å².